The predicted molar refractivity (Wildman–Crippen MR) is 73.4 cm³/mol. The van der Waals surface area contributed by atoms with Gasteiger partial charge < -0.3 is 10.4 Å². The van der Waals surface area contributed by atoms with Crippen LogP contribution in [0.3, 0.4) is 0 Å². The lowest BCUT2D eigenvalue weighted by Crippen LogP contribution is -2.24. The molecule has 0 spiro atoms. The summed E-state index contributed by atoms with van der Waals surface area (Å²) in [5.41, 5.74) is 3.36. The van der Waals surface area contributed by atoms with E-state index in [2.05, 4.69) is 15.4 Å². The molecule has 6 heteroatoms. The zero-order valence-corrected chi connectivity index (χ0v) is 11.2. The highest BCUT2D eigenvalue weighted by molar-refractivity contribution is 5.90. The van der Waals surface area contributed by atoms with Gasteiger partial charge in [-0.3, -0.25) is 0 Å². The van der Waals surface area contributed by atoms with Crippen molar-refractivity contribution in [2.45, 2.75) is 19.9 Å². The fourth-order valence-electron chi connectivity index (χ4n) is 2.36. The van der Waals surface area contributed by atoms with Gasteiger partial charge >= 0.3 is 5.97 Å². The second-order valence-electron chi connectivity index (χ2n) is 4.84. The van der Waals surface area contributed by atoms with Gasteiger partial charge in [-0.15, -0.1) is 0 Å². The minimum atomic E-state index is -1.01. The summed E-state index contributed by atoms with van der Waals surface area (Å²) in [4.78, 5) is 15.3. The van der Waals surface area contributed by atoms with Crippen molar-refractivity contribution in [3.8, 4) is 0 Å². The number of hydrogen-bond donors (Lipinski definition) is 2. The van der Waals surface area contributed by atoms with Gasteiger partial charge in [0.25, 0.3) is 0 Å². The van der Waals surface area contributed by atoms with Crippen LogP contribution in [0.2, 0.25) is 0 Å². The monoisotopic (exact) mass is 270 g/mol. The number of nitrogens with zero attached hydrogens (tertiary/aromatic N) is 3. The number of benzene rings is 1. The van der Waals surface area contributed by atoms with E-state index in [1.165, 1.54) is 6.33 Å². The molecule has 0 fully saturated rings. The van der Waals surface area contributed by atoms with Crippen LogP contribution in [0.4, 0.5) is 5.95 Å². The Bertz CT molecular complexity index is 718. The van der Waals surface area contributed by atoms with Gasteiger partial charge in [-0.1, -0.05) is 23.8 Å². The normalized spacial score (nSPS) is 17.1. The molecule has 1 aliphatic heterocycles. The first-order valence-corrected chi connectivity index (χ1v) is 6.25. The quantitative estimate of drug-likeness (QED) is 0.871. The second-order valence-corrected chi connectivity index (χ2v) is 4.84. The average Bonchev–Trinajstić information content (AvgIpc) is 2.88. The number of hydrogen-bond acceptors (Lipinski definition) is 4. The van der Waals surface area contributed by atoms with Gasteiger partial charge in [0, 0.05) is 0 Å². The second kappa shape index (κ2) is 4.48. The molecular formula is C14H14N4O2. The molecule has 1 aromatic heterocycles. The molecule has 2 N–H and O–H groups in total. The van der Waals surface area contributed by atoms with Crippen molar-refractivity contribution in [1.29, 1.82) is 0 Å². The maximum absolute atomic E-state index is 11.2. The van der Waals surface area contributed by atoms with Crippen LogP contribution in [0.25, 0.3) is 0 Å². The Morgan fingerprint density at radius 3 is 2.95 bits per heavy atom. The van der Waals surface area contributed by atoms with Crippen LogP contribution in [-0.2, 0) is 4.79 Å². The molecule has 2 aromatic rings. The van der Waals surface area contributed by atoms with Gasteiger partial charge in [0.05, 0.1) is 0 Å². The van der Waals surface area contributed by atoms with E-state index in [4.69, 9.17) is 0 Å². The van der Waals surface area contributed by atoms with Crippen molar-refractivity contribution in [2.24, 2.45) is 0 Å². The van der Waals surface area contributed by atoms with Gasteiger partial charge in [-0.25, -0.2) is 9.48 Å². The lowest BCUT2D eigenvalue weighted by Gasteiger charge is -2.24. The Labute approximate surface area is 115 Å². The lowest BCUT2D eigenvalue weighted by atomic mass is 9.97. The van der Waals surface area contributed by atoms with Crippen molar-refractivity contribution >= 4 is 11.9 Å². The number of anilines is 1. The Morgan fingerprint density at radius 1 is 1.40 bits per heavy atom. The summed E-state index contributed by atoms with van der Waals surface area (Å²) in [6.07, 6.45) is 3.07. The summed E-state index contributed by atoms with van der Waals surface area (Å²) >= 11 is 0. The van der Waals surface area contributed by atoms with Gasteiger partial charge in [0.2, 0.25) is 5.95 Å². The zero-order valence-electron chi connectivity index (χ0n) is 11.2. The number of aromatic nitrogens is 3. The summed E-state index contributed by atoms with van der Waals surface area (Å²) in [5, 5.41) is 16.1. The molecule has 102 valence electrons. The fourth-order valence-corrected chi connectivity index (χ4v) is 2.36. The van der Waals surface area contributed by atoms with E-state index in [-0.39, 0.29) is 11.7 Å². The Morgan fingerprint density at radius 2 is 2.20 bits per heavy atom. The maximum Gasteiger partial charge on any atom is 0.352 e. The smallest absolute Gasteiger partial charge is 0.352 e. The topological polar surface area (TPSA) is 80.0 Å². The molecule has 1 aliphatic rings. The van der Waals surface area contributed by atoms with Crippen molar-refractivity contribution in [3.63, 3.8) is 0 Å². The SMILES string of the molecule is Cc1ccc(C)c(C2C=C(C(=O)O)Nc3ncnn32)c1. The number of carboxylic acid groups (broad SMARTS) is 1. The van der Waals surface area contributed by atoms with E-state index in [9.17, 15) is 9.90 Å². The number of fused-ring (bicyclic) bond motifs is 1. The van der Waals surface area contributed by atoms with Gasteiger partial charge in [0.1, 0.15) is 18.1 Å². The van der Waals surface area contributed by atoms with Crippen LogP contribution < -0.4 is 5.32 Å². The summed E-state index contributed by atoms with van der Waals surface area (Å²) in [7, 11) is 0. The molecule has 0 bridgehead atoms. The number of aliphatic carboxylic acids is 1. The largest absolute Gasteiger partial charge is 0.477 e. The Balaban J connectivity index is 2.17. The highest BCUT2D eigenvalue weighted by atomic mass is 16.4. The highest BCUT2D eigenvalue weighted by Gasteiger charge is 2.26. The van der Waals surface area contributed by atoms with E-state index >= 15 is 0 Å². The van der Waals surface area contributed by atoms with E-state index in [1.54, 1.807) is 10.8 Å². The third kappa shape index (κ3) is 1.95. The molecular weight excluding hydrogens is 256 g/mol. The Hall–Kier alpha value is -2.63. The third-order valence-electron chi connectivity index (χ3n) is 3.39. The van der Waals surface area contributed by atoms with Crippen LogP contribution in [0.1, 0.15) is 22.7 Å². The minimum Gasteiger partial charge on any atom is -0.477 e. The van der Waals surface area contributed by atoms with E-state index in [0.29, 0.717) is 5.95 Å². The molecule has 0 amide bonds. The number of rotatable bonds is 2. The Kier molecular flexibility index (Phi) is 2.78. The van der Waals surface area contributed by atoms with Gasteiger partial charge in [-0.05, 0) is 31.1 Å². The number of nitrogens with one attached hydrogen (secondary N) is 1. The van der Waals surface area contributed by atoms with Gasteiger partial charge in [-0.2, -0.15) is 10.1 Å². The van der Waals surface area contributed by atoms with Crippen LogP contribution in [-0.4, -0.2) is 25.8 Å². The molecule has 20 heavy (non-hydrogen) atoms. The molecule has 1 unspecified atom stereocenters. The number of carbonyl (C=O) groups is 1. The first-order chi connectivity index (χ1) is 9.56. The molecule has 6 nitrogen and oxygen atoms in total. The fraction of sp³-hybridized carbons (Fsp3) is 0.214. The molecule has 3 rings (SSSR count). The maximum atomic E-state index is 11.2. The molecule has 0 saturated carbocycles. The van der Waals surface area contributed by atoms with Crippen molar-refractivity contribution in [2.75, 3.05) is 5.32 Å². The standard InChI is InChI=1S/C14H14N4O2/c1-8-3-4-9(2)10(5-8)12-6-11(13(19)20)17-14-15-7-16-18(12)14/h3-7,12H,1-2H3,(H,19,20)(H,15,16,17). The number of allylic oxidation sites excluding steroid dienone is 1. The molecule has 0 radical (unpaired) electrons. The molecule has 2 heterocycles. The third-order valence-corrected chi connectivity index (χ3v) is 3.39. The zero-order chi connectivity index (χ0) is 14.3. The summed E-state index contributed by atoms with van der Waals surface area (Å²) < 4.78 is 1.69. The molecule has 1 atom stereocenters. The number of aryl methyl sites for hydroxylation is 2. The van der Waals surface area contributed by atoms with Crippen LogP contribution in [0.15, 0.2) is 36.3 Å². The van der Waals surface area contributed by atoms with Crippen molar-refractivity contribution in [3.05, 3.63) is 53.0 Å². The summed E-state index contributed by atoms with van der Waals surface area (Å²) in [6, 6.07) is 5.84. The van der Waals surface area contributed by atoms with Crippen LogP contribution in [0.5, 0.6) is 0 Å². The highest BCUT2D eigenvalue weighted by Crippen LogP contribution is 2.30. The number of carboxylic acids is 1. The molecule has 0 saturated heterocycles. The average molecular weight is 270 g/mol. The van der Waals surface area contributed by atoms with Crippen molar-refractivity contribution in [1.82, 2.24) is 14.8 Å². The lowest BCUT2D eigenvalue weighted by molar-refractivity contribution is -0.132. The van der Waals surface area contributed by atoms with Crippen molar-refractivity contribution < 1.29 is 9.90 Å². The van der Waals surface area contributed by atoms with E-state index in [0.717, 1.165) is 16.7 Å². The van der Waals surface area contributed by atoms with E-state index < -0.39 is 5.97 Å². The minimum absolute atomic E-state index is 0.122. The molecule has 0 aliphatic carbocycles. The summed E-state index contributed by atoms with van der Waals surface area (Å²) in [6.45, 7) is 4.01. The molecule has 1 aromatic carbocycles. The predicted octanol–water partition coefficient (Wildman–Crippen LogP) is 1.88. The first kappa shape index (κ1) is 12.4. The van der Waals surface area contributed by atoms with Gasteiger partial charge in [0.15, 0.2) is 0 Å². The van der Waals surface area contributed by atoms with Crippen LogP contribution in [0, 0.1) is 13.8 Å². The van der Waals surface area contributed by atoms with Crippen LogP contribution >= 0.6 is 0 Å². The van der Waals surface area contributed by atoms with E-state index in [1.807, 2.05) is 32.0 Å². The first-order valence-electron chi connectivity index (χ1n) is 6.25. The summed E-state index contributed by atoms with van der Waals surface area (Å²) in [5.74, 6) is -0.564.